The Morgan fingerprint density at radius 3 is 2.21 bits per heavy atom. The fourth-order valence-electron chi connectivity index (χ4n) is 3.71. The van der Waals surface area contributed by atoms with Crippen molar-refractivity contribution in [2.75, 3.05) is 0 Å². The summed E-state index contributed by atoms with van der Waals surface area (Å²) in [7, 11) is 0. The molecule has 2 saturated carbocycles. The summed E-state index contributed by atoms with van der Waals surface area (Å²) in [6.07, 6.45) is 5.64. The van der Waals surface area contributed by atoms with Crippen molar-refractivity contribution >= 4 is 23.6 Å². The van der Waals surface area contributed by atoms with Gasteiger partial charge in [0, 0.05) is 11.1 Å². The quantitative estimate of drug-likeness (QED) is 0.775. The van der Waals surface area contributed by atoms with E-state index in [1.54, 1.807) is 0 Å². The molecule has 3 rings (SSSR count). The van der Waals surface area contributed by atoms with Gasteiger partial charge in [-0.3, -0.25) is 4.79 Å². The van der Waals surface area contributed by atoms with E-state index in [-0.39, 0.29) is 23.5 Å². The molecule has 0 heterocycles. The number of carbonyl (C=O) groups is 2. The number of amides is 2. The van der Waals surface area contributed by atoms with Gasteiger partial charge in [-0.05, 0) is 62.6 Å². The first-order valence-corrected chi connectivity index (χ1v) is 8.94. The molecule has 0 bridgehead atoms. The Morgan fingerprint density at radius 1 is 1.08 bits per heavy atom. The number of carbonyl (C=O) groups excluding carboxylic acids is 1. The Kier molecular flexibility index (Phi) is 4.99. The van der Waals surface area contributed by atoms with Crippen molar-refractivity contribution < 1.29 is 14.7 Å². The number of hydrogen-bond acceptors (Lipinski definition) is 2. The Morgan fingerprint density at radius 2 is 1.71 bits per heavy atom. The molecule has 24 heavy (non-hydrogen) atoms. The highest BCUT2D eigenvalue weighted by atomic mass is 35.5. The number of urea groups is 1. The average molecular weight is 351 g/mol. The molecule has 2 fully saturated rings. The molecule has 5 nitrogen and oxygen atoms in total. The van der Waals surface area contributed by atoms with Gasteiger partial charge in [-0.15, -0.1) is 0 Å². The van der Waals surface area contributed by atoms with Crippen LogP contribution >= 0.6 is 11.6 Å². The molecule has 0 saturated heterocycles. The van der Waals surface area contributed by atoms with Crippen molar-refractivity contribution in [2.24, 2.45) is 5.92 Å². The van der Waals surface area contributed by atoms with Crippen LogP contribution in [0.25, 0.3) is 0 Å². The summed E-state index contributed by atoms with van der Waals surface area (Å²) in [5, 5.41) is 15.9. The van der Waals surface area contributed by atoms with Crippen LogP contribution in [-0.2, 0) is 10.3 Å². The lowest BCUT2D eigenvalue weighted by atomic mass is 9.72. The fourth-order valence-corrected chi connectivity index (χ4v) is 3.83. The minimum atomic E-state index is -0.728. The maximum atomic E-state index is 12.4. The lowest BCUT2D eigenvalue weighted by Crippen LogP contribution is -2.55. The zero-order valence-corrected chi connectivity index (χ0v) is 14.3. The molecule has 0 aliphatic heterocycles. The zero-order chi connectivity index (χ0) is 17.2. The van der Waals surface area contributed by atoms with E-state index in [9.17, 15) is 9.59 Å². The third-order valence-corrected chi connectivity index (χ3v) is 5.62. The summed E-state index contributed by atoms with van der Waals surface area (Å²) in [5.41, 5.74) is 0.787. The molecule has 1 aromatic rings. The first-order chi connectivity index (χ1) is 11.5. The second-order valence-corrected chi connectivity index (χ2v) is 7.36. The first kappa shape index (κ1) is 17.1. The number of benzene rings is 1. The number of aliphatic carboxylic acids is 1. The summed E-state index contributed by atoms with van der Waals surface area (Å²) in [5.74, 6) is -0.993. The van der Waals surface area contributed by atoms with Crippen LogP contribution in [0.15, 0.2) is 24.3 Å². The number of hydrogen-bond donors (Lipinski definition) is 3. The molecule has 2 amide bonds. The van der Waals surface area contributed by atoms with E-state index in [2.05, 4.69) is 10.6 Å². The average Bonchev–Trinajstić information content (AvgIpc) is 2.52. The SMILES string of the molecule is O=C(NC1CCC(C(=O)O)CC1)NC1(c2ccc(Cl)cc2)CCC1. The number of rotatable bonds is 4. The molecule has 0 spiro atoms. The van der Waals surface area contributed by atoms with Gasteiger partial charge in [0.2, 0.25) is 0 Å². The van der Waals surface area contributed by atoms with E-state index in [4.69, 9.17) is 16.7 Å². The second kappa shape index (κ2) is 7.01. The highest BCUT2D eigenvalue weighted by Gasteiger charge is 2.40. The molecule has 3 N–H and O–H groups in total. The second-order valence-electron chi connectivity index (χ2n) is 6.93. The Balaban J connectivity index is 1.56. The molecular weight excluding hydrogens is 328 g/mol. The van der Waals surface area contributed by atoms with Crippen molar-refractivity contribution in [1.29, 1.82) is 0 Å². The van der Waals surface area contributed by atoms with Crippen molar-refractivity contribution in [3.8, 4) is 0 Å². The Bertz CT molecular complexity index is 605. The largest absolute Gasteiger partial charge is 0.481 e. The topological polar surface area (TPSA) is 78.4 Å². The molecule has 0 atom stereocenters. The van der Waals surface area contributed by atoms with Gasteiger partial charge in [0.25, 0.3) is 0 Å². The molecule has 0 radical (unpaired) electrons. The molecule has 6 heteroatoms. The van der Waals surface area contributed by atoms with Crippen LogP contribution in [0.5, 0.6) is 0 Å². The standard InChI is InChI=1S/C18H23ClN2O3/c19-14-6-4-13(5-7-14)18(10-1-11-18)21-17(24)20-15-8-2-12(3-9-15)16(22)23/h4-7,12,15H,1-3,8-11H2,(H,22,23)(H2,20,21,24). The van der Waals surface area contributed by atoms with Gasteiger partial charge >= 0.3 is 12.0 Å². The minimum Gasteiger partial charge on any atom is -0.481 e. The smallest absolute Gasteiger partial charge is 0.315 e. The number of nitrogens with one attached hydrogen (secondary N) is 2. The van der Waals surface area contributed by atoms with Gasteiger partial charge in [-0.1, -0.05) is 23.7 Å². The Hall–Kier alpha value is -1.75. The molecular formula is C18H23ClN2O3. The van der Waals surface area contributed by atoms with Gasteiger partial charge in [-0.2, -0.15) is 0 Å². The molecule has 2 aliphatic rings. The van der Waals surface area contributed by atoms with Gasteiger partial charge in [-0.25, -0.2) is 4.79 Å². The fraction of sp³-hybridized carbons (Fsp3) is 0.556. The van der Waals surface area contributed by atoms with Crippen molar-refractivity contribution in [3.05, 3.63) is 34.9 Å². The van der Waals surface area contributed by atoms with Crippen LogP contribution in [0.4, 0.5) is 4.79 Å². The van der Waals surface area contributed by atoms with E-state index in [0.29, 0.717) is 17.9 Å². The lowest BCUT2D eigenvalue weighted by molar-refractivity contribution is -0.142. The maximum absolute atomic E-state index is 12.4. The van der Waals surface area contributed by atoms with Crippen molar-refractivity contribution in [3.63, 3.8) is 0 Å². The minimum absolute atomic E-state index is 0.0583. The predicted molar refractivity (Wildman–Crippen MR) is 92.0 cm³/mol. The zero-order valence-electron chi connectivity index (χ0n) is 13.6. The van der Waals surface area contributed by atoms with Crippen molar-refractivity contribution in [1.82, 2.24) is 10.6 Å². The van der Waals surface area contributed by atoms with E-state index in [1.165, 1.54) is 0 Å². The number of halogens is 1. The van der Waals surface area contributed by atoms with Crippen molar-refractivity contribution in [2.45, 2.75) is 56.5 Å². The number of carboxylic acids is 1. The summed E-state index contributed by atoms with van der Waals surface area (Å²) >= 11 is 5.95. The van der Waals surface area contributed by atoms with Gasteiger partial charge in [0.05, 0.1) is 11.5 Å². The highest BCUT2D eigenvalue weighted by Crippen LogP contribution is 2.41. The molecule has 130 valence electrons. The van der Waals surface area contributed by atoms with E-state index in [1.807, 2.05) is 24.3 Å². The summed E-state index contributed by atoms with van der Waals surface area (Å²) in [4.78, 5) is 23.4. The van der Waals surface area contributed by atoms with E-state index in [0.717, 1.165) is 37.7 Å². The van der Waals surface area contributed by atoms with Crippen LogP contribution in [0.2, 0.25) is 5.02 Å². The van der Waals surface area contributed by atoms with Gasteiger partial charge in [0.1, 0.15) is 0 Å². The Labute approximate surface area is 146 Å². The molecule has 0 aromatic heterocycles. The van der Waals surface area contributed by atoms with Crippen LogP contribution < -0.4 is 10.6 Å². The first-order valence-electron chi connectivity index (χ1n) is 8.56. The monoisotopic (exact) mass is 350 g/mol. The third kappa shape index (κ3) is 3.66. The van der Waals surface area contributed by atoms with Gasteiger partial charge < -0.3 is 15.7 Å². The molecule has 2 aliphatic carbocycles. The summed E-state index contributed by atoms with van der Waals surface area (Å²) in [6, 6.07) is 7.54. The van der Waals surface area contributed by atoms with Crippen LogP contribution in [0.1, 0.15) is 50.5 Å². The predicted octanol–water partition coefficient (Wildman–Crippen LogP) is 3.66. The van der Waals surface area contributed by atoms with Gasteiger partial charge in [0.15, 0.2) is 0 Å². The lowest BCUT2D eigenvalue weighted by Gasteiger charge is -2.43. The maximum Gasteiger partial charge on any atom is 0.315 e. The molecule has 0 unspecified atom stereocenters. The van der Waals surface area contributed by atoms with Crippen LogP contribution in [0.3, 0.4) is 0 Å². The summed E-state index contributed by atoms with van der Waals surface area (Å²) < 4.78 is 0. The van der Waals surface area contributed by atoms with E-state index >= 15 is 0 Å². The molecule has 1 aromatic carbocycles. The summed E-state index contributed by atoms with van der Waals surface area (Å²) in [6.45, 7) is 0. The highest BCUT2D eigenvalue weighted by molar-refractivity contribution is 6.30. The number of carboxylic acid groups (broad SMARTS) is 1. The van der Waals surface area contributed by atoms with E-state index < -0.39 is 5.97 Å². The van der Waals surface area contributed by atoms with Crippen LogP contribution in [-0.4, -0.2) is 23.1 Å². The van der Waals surface area contributed by atoms with Crippen LogP contribution in [0, 0.1) is 5.92 Å². The third-order valence-electron chi connectivity index (χ3n) is 5.37. The normalized spacial score (nSPS) is 25.4.